The minimum absolute atomic E-state index is 0.207. The van der Waals surface area contributed by atoms with E-state index in [1.54, 1.807) is 13.8 Å². The van der Waals surface area contributed by atoms with E-state index in [4.69, 9.17) is 17.0 Å². The molecule has 0 aliphatic carbocycles. The van der Waals surface area contributed by atoms with Gasteiger partial charge in [-0.3, -0.25) is 0 Å². The van der Waals surface area contributed by atoms with Gasteiger partial charge < -0.3 is 9.30 Å². The highest BCUT2D eigenvalue weighted by molar-refractivity contribution is 7.79. The highest BCUT2D eigenvalue weighted by Gasteiger charge is 2.28. The van der Waals surface area contributed by atoms with Gasteiger partial charge in [0.2, 0.25) is 5.95 Å². The van der Waals surface area contributed by atoms with Gasteiger partial charge in [0.05, 0.1) is 12.4 Å². The lowest BCUT2D eigenvalue weighted by Crippen LogP contribution is -2.30. The summed E-state index contributed by atoms with van der Waals surface area (Å²) in [5.74, 6) is -1.64. The molecule has 22 heavy (non-hydrogen) atoms. The number of benzene rings is 1. The van der Waals surface area contributed by atoms with Crippen molar-refractivity contribution in [1.82, 2.24) is 9.55 Å². The fraction of sp³-hybridized carbons (Fsp3) is 0.312. The van der Waals surface area contributed by atoms with Crippen LogP contribution in [0.15, 0.2) is 36.7 Å². The summed E-state index contributed by atoms with van der Waals surface area (Å²) in [6.45, 7) is 5.13. The molecule has 0 aliphatic rings. The van der Waals surface area contributed by atoms with Gasteiger partial charge in [0, 0.05) is 5.37 Å². The van der Waals surface area contributed by atoms with Crippen LogP contribution in [0.25, 0.3) is 0 Å². The maximum atomic E-state index is 13.9. The van der Waals surface area contributed by atoms with Gasteiger partial charge in [0.25, 0.3) is 0 Å². The lowest BCUT2D eigenvalue weighted by molar-refractivity contribution is 0.0234. The summed E-state index contributed by atoms with van der Waals surface area (Å²) in [5, 5.41) is 1.32. The van der Waals surface area contributed by atoms with Crippen molar-refractivity contribution in [2.75, 3.05) is 0 Å². The minimum Gasteiger partial charge on any atom is -0.450 e. The van der Waals surface area contributed by atoms with E-state index in [0.29, 0.717) is 0 Å². The summed E-state index contributed by atoms with van der Waals surface area (Å²) in [6.07, 6.45) is 1.30. The van der Waals surface area contributed by atoms with Crippen LogP contribution in [0.4, 0.5) is 4.39 Å². The zero-order chi connectivity index (χ0) is 16.3. The summed E-state index contributed by atoms with van der Waals surface area (Å²) in [6, 6.07) is 9.20. The Morgan fingerprint density at radius 1 is 1.41 bits per heavy atom. The van der Waals surface area contributed by atoms with Crippen LogP contribution in [-0.4, -0.2) is 26.5 Å². The molecule has 0 saturated carbocycles. The quantitative estimate of drug-likeness (QED) is 0.624. The molecule has 2 aromatic rings. The Bertz CT molecular complexity index is 683. The molecule has 0 N–H and O–H groups in total. The van der Waals surface area contributed by atoms with Crippen molar-refractivity contribution in [2.24, 2.45) is 0 Å². The van der Waals surface area contributed by atoms with Gasteiger partial charge in [-0.1, -0.05) is 42.5 Å². The van der Waals surface area contributed by atoms with E-state index in [9.17, 15) is 9.18 Å². The second-order valence-corrected chi connectivity index (χ2v) is 5.72. The molecule has 116 valence electrons. The average molecular weight is 320 g/mol. The zero-order valence-corrected chi connectivity index (χ0v) is 13.4. The molecular formula is C16H17FN2O2S. The van der Waals surface area contributed by atoms with Crippen molar-refractivity contribution >= 4 is 23.6 Å². The molecule has 1 aromatic heterocycles. The Kier molecular flexibility index (Phi) is 4.71. The number of ether oxygens (including phenoxy) is 1. The van der Waals surface area contributed by atoms with E-state index in [1.807, 2.05) is 37.3 Å². The first-order chi connectivity index (χ1) is 10.4. The number of aromatic nitrogens is 2. The van der Waals surface area contributed by atoms with Gasteiger partial charge in [-0.15, -0.1) is 0 Å². The summed E-state index contributed by atoms with van der Waals surface area (Å²) in [7, 11) is 0. The summed E-state index contributed by atoms with van der Waals surface area (Å²) < 4.78 is 20.7. The third-order valence-corrected chi connectivity index (χ3v) is 3.85. The van der Waals surface area contributed by atoms with E-state index in [1.165, 1.54) is 16.3 Å². The van der Waals surface area contributed by atoms with Crippen molar-refractivity contribution in [3.8, 4) is 0 Å². The van der Waals surface area contributed by atoms with Crippen LogP contribution >= 0.6 is 12.2 Å². The van der Waals surface area contributed by atoms with Crippen molar-refractivity contribution in [1.29, 1.82) is 0 Å². The molecule has 0 saturated heterocycles. The van der Waals surface area contributed by atoms with Crippen molar-refractivity contribution < 1.29 is 13.9 Å². The first kappa shape index (κ1) is 16.3. The molecule has 6 heteroatoms. The first-order valence-corrected chi connectivity index (χ1v) is 7.30. The molecule has 0 fully saturated rings. The van der Waals surface area contributed by atoms with Gasteiger partial charge in [-0.2, -0.15) is 4.39 Å². The molecule has 0 bridgehead atoms. The molecule has 1 aromatic carbocycles. The predicted molar refractivity (Wildman–Crippen MR) is 85.6 cm³/mol. The molecule has 0 unspecified atom stereocenters. The van der Waals surface area contributed by atoms with E-state index in [-0.39, 0.29) is 11.7 Å². The number of halogens is 1. The van der Waals surface area contributed by atoms with Crippen molar-refractivity contribution in [3.63, 3.8) is 0 Å². The van der Waals surface area contributed by atoms with Gasteiger partial charge in [-0.25, -0.2) is 9.78 Å². The molecule has 0 radical (unpaired) electrons. The molecule has 1 atom stereocenters. The SMILES string of the molecule is C[C@H](c1ccccc1)n1cnc(F)c1C(=O)OC(C)(C)C=S. The van der Waals surface area contributed by atoms with Gasteiger partial charge >= 0.3 is 5.97 Å². The van der Waals surface area contributed by atoms with Crippen LogP contribution < -0.4 is 0 Å². The number of carbonyl (C=O) groups excluding carboxylic acids is 1. The molecule has 0 amide bonds. The van der Waals surface area contributed by atoms with Gasteiger partial charge in [-0.05, 0) is 26.3 Å². The number of esters is 1. The topological polar surface area (TPSA) is 44.1 Å². The van der Waals surface area contributed by atoms with Crippen LogP contribution in [0, 0.1) is 5.95 Å². The van der Waals surface area contributed by atoms with E-state index in [2.05, 4.69) is 4.98 Å². The van der Waals surface area contributed by atoms with Crippen molar-refractivity contribution in [2.45, 2.75) is 32.4 Å². The summed E-state index contributed by atoms with van der Waals surface area (Å²) in [5.41, 5.74) is -0.228. The molecular weight excluding hydrogens is 303 g/mol. The first-order valence-electron chi connectivity index (χ1n) is 6.82. The molecule has 0 spiro atoms. The Morgan fingerprint density at radius 3 is 2.64 bits per heavy atom. The van der Waals surface area contributed by atoms with Crippen LogP contribution in [-0.2, 0) is 4.74 Å². The van der Waals surface area contributed by atoms with E-state index in [0.717, 1.165) is 5.56 Å². The number of thiocarbonyl (C=S) groups is 1. The maximum absolute atomic E-state index is 13.9. The maximum Gasteiger partial charge on any atom is 0.360 e. The van der Waals surface area contributed by atoms with Crippen molar-refractivity contribution in [3.05, 3.63) is 53.9 Å². The monoisotopic (exact) mass is 320 g/mol. The van der Waals surface area contributed by atoms with Crippen LogP contribution in [0.3, 0.4) is 0 Å². The molecule has 4 nitrogen and oxygen atoms in total. The fourth-order valence-corrected chi connectivity index (χ4v) is 2.07. The number of carbonyl (C=O) groups is 1. The standard InChI is InChI=1S/C16H17FN2O2S/c1-11(12-7-5-4-6-8-12)19-10-18-14(17)13(19)15(20)21-16(2,3)9-22/h4-11H,1-3H3/t11-/m1/s1. The fourth-order valence-electron chi connectivity index (χ4n) is 2.03. The number of hydrogen-bond donors (Lipinski definition) is 0. The van der Waals surface area contributed by atoms with E-state index < -0.39 is 17.5 Å². The van der Waals surface area contributed by atoms with Gasteiger partial charge in [0.1, 0.15) is 5.60 Å². The third kappa shape index (κ3) is 3.39. The Hall–Kier alpha value is -2.08. The molecule has 1 heterocycles. The highest BCUT2D eigenvalue weighted by Crippen LogP contribution is 2.22. The smallest absolute Gasteiger partial charge is 0.360 e. The highest BCUT2D eigenvalue weighted by atomic mass is 32.1. The largest absolute Gasteiger partial charge is 0.450 e. The Morgan fingerprint density at radius 2 is 2.05 bits per heavy atom. The predicted octanol–water partition coefficient (Wildman–Crippen LogP) is 3.57. The summed E-state index contributed by atoms with van der Waals surface area (Å²) in [4.78, 5) is 15.9. The Balaban J connectivity index is 2.36. The molecule has 0 aliphatic heterocycles. The second-order valence-electron chi connectivity index (χ2n) is 5.49. The molecule has 2 rings (SSSR count). The number of nitrogens with zero attached hydrogens (tertiary/aromatic N) is 2. The Labute approximate surface area is 133 Å². The second kappa shape index (κ2) is 6.36. The average Bonchev–Trinajstić information content (AvgIpc) is 2.89. The lowest BCUT2D eigenvalue weighted by atomic mass is 10.1. The van der Waals surface area contributed by atoms with Crippen LogP contribution in [0.1, 0.15) is 42.9 Å². The van der Waals surface area contributed by atoms with Gasteiger partial charge in [0.15, 0.2) is 5.69 Å². The minimum atomic E-state index is -0.954. The normalized spacial score (nSPS) is 12.7. The number of imidazole rings is 1. The third-order valence-electron chi connectivity index (χ3n) is 3.28. The van der Waals surface area contributed by atoms with E-state index >= 15 is 0 Å². The summed E-state index contributed by atoms with van der Waals surface area (Å²) >= 11 is 4.81. The zero-order valence-electron chi connectivity index (χ0n) is 12.6. The number of hydrogen-bond acceptors (Lipinski definition) is 4. The van der Waals surface area contributed by atoms with Crippen LogP contribution in [0.2, 0.25) is 0 Å². The van der Waals surface area contributed by atoms with Crippen LogP contribution in [0.5, 0.6) is 0 Å². The lowest BCUT2D eigenvalue weighted by Gasteiger charge is -2.21. The number of rotatable bonds is 5.